The van der Waals surface area contributed by atoms with Crippen LogP contribution in [0.3, 0.4) is 0 Å². The number of rotatable bonds is 6. The Kier molecular flexibility index (Phi) is 7.97. The van der Waals surface area contributed by atoms with Crippen LogP contribution in [0.1, 0.15) is 66.5 Å². The van der Waals surface area contributed by atoms with Gasteiger partial charge in [0.25, 0.3) is 0 Å². The van der Waals surface area contributed by atoms with Gasteiger partial charge in [-0.3, -0.25) is 4.52 Å². The van der Waals surface area contributed by atoms with Crippen LogP contribution in [0.15, 0.2) is 93.3 Å². The van der Waals surface area contributed by atoms with Crippen LogP contribution >= 0.6 is 8.24 Å². The van der Waals surface area contributed by atoms with Crippen molar-refractivity contribution >= 4 is 41.9 Å². The molecule has 2 aliphatic carbocycles. The largest absolute Gasteiger partial charge is 0.399 e. The van der Waals surface area contributed by atoms with E-state index < -0.39 is 14.3 Å². The molecule has 5 aromatic rings. The molecule has 0 saturated heterocycles. The Morgan fingerprint density at radius 2 is 1.26 bits per heavy atom. The first-order valence-corrected chi connectivity index (χ1v) is 16.5. The van der Waals surface area contributed by atoms with Gasteiger partial charge in [-0.05, 0) is 110 Å². The van der Waals surface area contributed by atoms with Crippen molar-refractivity contribution < 1.29 is 17.7 Å². The zero-order chi connectivity index (χ0) is 29.2. The van der Waals surface area contributed by atoms with E-state index in [0.717, 1.165) is 48.1 Å². The second kappa shape index (κ2) is 12.3. The molecule has 2 aliphatic rings. The molecule has 1 aromatic heterocycles. The van der Waals surface area contributed by atoms with E-state index in [0.29, 0.717) is 0 Å². The Hall–Kier alpha value is -3.99. The predicted molar refractivity (Wildman–Crippen MR) is 173 cm³/mol. The first kappa shape index (κ1) is 27.8. The number of amides is 2. The van der Waals surface area contributed by atoms with Gasteiger partial charge in [-0.1, -0.05) is 60.7 Å². The maximum absolute atomic E-state index is 13.0. The summed E-state index contributed by atoms with van der Waals surface area (Å²) in [6.07, 6.45) is 8.61. The van der Waals surface area contributed by atoms with E-state index in [2.05, 4.69) is 34.9 Å². The number of urea groups is 1. The molecule has 0 unspecified atom stereocenters. The van der Waals surface area contributed by atoms with E-state index in [1.54, 1.807) is 0 Å². The molecular weight excluding hydrogens is 555 g/mol. The van der Waals surface area contributed by atoms with Gasteiger partial charge >= 0.3 is 14.3 Å². The highest BCUT2D eigenvalue weighted by Crippen LogP contribution is 2.43. The fraction of sp³-hybridized carbons (Fsp3) is 0.306. The first-order chi connectivity index (χ1) is 21.1. The summed E-state index contributed by atoms with van der Waals surface area (Å²) < 4.78 is 20.1. The smallest absolute Gasteiger partial charge is 0.388 e. The molecule has 0 bridgehead atoms. The van der Waals surface area contributed by atoms with E-state index in [-0.39, 0.29) is 12.1 Å². The SMILES string of the molecule is C[C@@H](NC(=O)Nc1ccccc1)[C@@H](Op1oc2ccc3c(c2c2c4c(ccc2o1)CCCC4)CCCC3)c1ccccc1. The van der Waals surface area contributed by atoms with Gasteiger partial charge in [0.15, 0.2) is 0 Å². The minimum atomic E-state index is -1.84. The Morgan fingerprint density at radius 1 is 0.721 bits per heavy atom. The molecule has 0 saturated carbocycles. The Balaban J connectivity index is 1.32. The standard InChI is InChI=1S/C36H37N2O4P/c1-24(37-36(39)38-28-16-6-3-7-17-28)35(27-14-4-2-5-15-27)42-43-40-31-22-20-25-12-8-10-18-29(25)33(31)34-30-19-11-9-13-26(30)21-23-32(34)41-43/h2-7,14-17,20-24,35H,8-13,18-19H2,1H3,(H2,37,38,39)/t24-,35-/m1/s1. The Labute approximate surface area is 253 Å². The normalized spacial score (nSPS) is 15.7. The molecule has 2 atom stereocenters. The fourth-order valence-corrected chi connectivity index (χ4v) is 7.92. The van der Waals surface area contributed by atoms with Crippen LogP contribution in [0.2, 0.25) is 0 Å². The molecule has 2 amide bonds. The number of nitrogens with one attached hydrogen (secondary N) is 2. The number of para-hydroxylation sites is 1. The van der Waals surface area contributed by atoms with Gasteiger partial charge in [0, 0.05) is 16.5 Å². The number of aryl methyl sites for hydroxylation is 4. The van der Waals surface area contributed by atoms with Crippen molar-refractivity contribution in [2.75, 3.05) is 5.32 Å². The molecule has 4 aromatic carbocycles. The van der Waals surface area contributed by atoms with Crippen molar-refractivity contribution in [2.45, 2.75) is 70.4 Å². The van der Waals surface area contributed by atoms with Gasteiger partial charge in [0.1, 0.15) is 17.3 Å². The van der Waals surface area contributed by atoms with Crippen LogP contribution < -0.4 is 15.2 Å². The summed E-state index contributed by atoms with van der Waals surface area (Å²) in [6, 6.07) is 27.4. The lowest BCUT2D eigenvalue weighted by Gasteiger charge is -2.24. The van der Waals surface area contributed by atoms with Crippen molar-refractivity contribution in [1.29, 1.82) is 0 Å². The number of fused-ring (bicyclic) bond motifs is 7. The number of hydrogen-bond acceptors (Lipinski definition) is 4. The zero-order valence-electron chi connectivity index (χ0n) is 24.5. The van der Waals surface area contributed by atoms with Gasteiger partial charge in [-0.2, -0.15) is 0 Å². The average Bonchev–Trinajstić information content (AvgIpc) is 3.21. The monoisotopic (exact) mass is 592 g/mol. The van der Waals surface area contributed by atoms with E-state index in [4.69, 9.17) is 12.9 Å². The highest BCUT2D eigenvalue weighted by Gasteiger charge is 2.27. The van der Waals surface area contributed by atoms with Gasteiger partial charge in [-0.25, -0.2) is 4.79 Å². The highest BCUT2D eigenvalue weighted by molar-refractivity contribution is 7.31. The van der Waals surface area contributed by atoms with Crippen molar-refractivity contribution in [2.24, 2.45) is 0 Å². The van der Waals surface area contributed by atoms with Crippen LogP contribution in [-0.2, 0) is 25.7 Å². The average molecular weight is 593 g/mol. The molecule has 0 aliphatic heterocycles. The minimum Gasteiger partial charge on any atom is -0.399 e. The minimum absolute atomic E-state index is 0.298. The third-order valence-electron chi connectivity index (χ3n) is 8.76. The molecular formula is C36H37N2O4P. The lowest BCUT2D eigenvalue weighted by molar-refractivity contribution is 0.204. The van der Waals surface area contributed by atoms with Crippen molar-refractivity contribution in [3.05, 3.63) is 113 Å². The molecule has 0 fully saturated rings. The molecule has 43 heavy (non-hydrogen) atoms. The lowest BCUT2D eigenvalue weighted by atomic mass is 9.84. The summed E-state index contributed by atoms with van der Waals surface area (Å²) in [5.41, 5.74) is 8.97. The summed E-state index contributed by atoms with van der Waals surface area (Å²) in [4.78, 5) is 13.0. The van der Waals surface area contributed by atoms with E-state index in [9.17, 15) is 4.79 Å². The zero-order valence-corrected chi connectivity index (χ0v) is 25.4. The maximum Gasteiger partial charge on any atom is 0.388 e. The second-order valence-electron chi connectivity index (χ2n) is 11.7. The number of benzene rings is 4. The van der Waals surface area contributed by atoms with Crippen LogP contribution in [0, 0.1) is 0 Å². The maximum atomic E-state index is 13.0. The number of hydrogen-bond donors (Lipinski definition) is 2. The van der Waals surface area contributed by atoms with Gasteiger partial charge < -0.3 is 19.0 Å². The van der Waals surface area contributed by atoms with Crippen LogP contribution in [-0.4, -0.2) is 12.1 Å². The molecule has 0 spiro atoms. The van der Waals surface area contributed by atoms with Crippen LogP contribution in [0.4, 0.5) is 10.5 Å². The van der Waals surface area contributed by atoms with Gasteiger partial charge in [0.2, 0.25) is 0 Å². The van der Waals surface area contributed by atoms with E-state index in [1.165, 1.54) is 58.7 Å². The van der Waals surface area contributed by atoms with Gasteiger partial charge in [0.05, 0.1) is 6.04 Å². The fourth-order valence-electron chi connectivity index (χ4n) is 6.68. The van der Waals surface area contributed by atoms with Crippen molar-refractivity contribution in [3.63, 3.8) is 0 Å². The van der Waals surface area contributed by atoms with E-state index >= 15 is 0 Å². The summed E-state index contributed by atoms with van der Waals surface area (Å²) >= 11 is 0. The summed E-state index contributed by atoms with van der Waals surface area (Å²) in [5, 5.41) is 8.39. The quantitative estimate of drug-likeness (QED) is 0.206. The second-order valence-corrected chi connectivity index (χ2v) is 12.7. The van der Waals surface area contributed by atoms with Crippen molar-refractivity contribution in [3.8, 4) is 0 Å². The van der Waals surface area contributed by atoms with Crippen LogP contribution in [0.25, 0.3) is 21.9 Å². The number of anilines is 1. The molecule has 7 rings (SSSR count). The molecule has 1 heterocycles. The molecule has 220 valence electrons. The molecule has 0 radical (unpaired) electrons. The summed E-state index contributed by atoms with van der Waals surface area (Å²) in [6.45, 7) is 1.95. The Bertz CT molecular complexity index is 1720. The number of carbonyl (C=O) groups excluding carboxylic acids is 1. The molecule has 2 N–H and O–H groups in total. The lowest BCUT2D eigenvalue weighted by Crippen LogP contribution is -2.41. The molecule has 6 nitrogen and oxygen atoms in total. The number of carbonyl (C=O) groups is 1. The topological polar surface area (TPSA) is 76.6 Å². The first-order valence-electron chi connectivity index (χ1n) is 15.4. The van der Waals surface area contributed by atoms with Crippen molar-refractivity contribution in [1.82, 2.24) is 5.32 Å². The predicted octanol–water partition coefficient (Wildman–Crippen LogP) is 9.43. The highest BCUT2D eigenvalue weighted by atomic mass is 31.1. The van der Waals surface area contributed by atoms with Crippen LogP contribution in [0.5, 0.6) is 0 Å². The van der Waals surface area contributed by atoms with Gasteiger partial charge in [-0.15, -0.1) is 0 Å². The third-order valence-corrected chi connectivity index (χ3v) is 9.85. The third kappa shape index (κ3) is 5.82. The molecule has 7 heteroatoms. The summed E-state index contributed by atoms with van der Waals surface area (Å²) in [7, 11) is -1.84. The Morgan fingerprint density at radius 3 is 1.84 bits per heavy atom. The summed E-state index contributed by atoms with van der Waals surface area (Å²) in [5.74, 6) is 0. The van der Waals surface area contributed by atoms with E-state index in [1.807, 2.05) is 67.6 Å².